The molecule has 4 nitrogen and oxygen atoms in total. The summed E-state index contributed by atoms with van der Waals surface area (Å²) < 4.78 is 13.0. The Balaban J connectivity index is 1.31. The lowest BCUT2D eigenvalue weighted by Gasteiger charge is -2.16. The number of hydrogen-bond acceptors (Lipinski definition) is 4. The van der Waals surface area contributed by atoms with E-state index in [1.165, 1.54) is 17.7 Å². The first-order valence-corrected chi connectivity index (χ1v) is 9.87. The van der Waals surface area contributed by atoms with Crippen molar-refractivity contribution < 1.29 is 9.18 Å². The summed E-state index contributed by atoms with van der Waals surface area (Å²) in [6.07, 6.45) is 1.59. The highest BCUT2D eigenvalue weighted by molar-refractivity contribution is 7.13. The van der Waals surface area contributed by atoms with Crippen molar-refractivity contribution in [2.45, 2.75) is 25.9 Å². The summed E-state index contributed by atoms with van der Waals surface area (Å²) in [4.78, 5) is 18.3. The summed E-state index contributed by atoms with van der Waals surface area (Å²) in [6, 6.07) is 14.5. The van der Waals surface area contributed by atoms with Crippen LogP contribution in [0.1, 0.15) is 24.1 Å². The second-order valence-electron chi connectivity index (χ2n) is 6.57. The summed E-state index contributed by atoms with van der Waals surface area (Å²) in [5, 5.41) is 6.31. The van der Waals surface area contributed by atoms with E-state index in [0.29, 0.717) is 13.0 Å². The van der Waals surface area contributed by atoms with Crippen molar-refractivity contribution in [1.82, 2.24) is 10.3 Å². The maximum atomic E-state index is 13.0. The number of hydrogen-bond donors (Lipinski definition) is 1. The predicted octanol–water partition coefficient (Wildman–Crippen LogP) is 4.37. The first kappa shape index (κ1) is 17.8. The Morgan fingerprint density at radius 3 is 2.56 bits per heavy atom. The second-order valence-corrected chi connectivity index (χ2v) is 7.43. The van der Waals surface area contributed by atoms with Crippen molar-refractivity contribution in [1.29, 1.82) is 0 Å². The van der Waals surface area contributed by atoms with Crippen LogP contribution in [0.25, 0.3) is 10.6 Å². The maximum absolute atomic E-state index is 13.0. The molecule has 0 spiro atoms. The number of nitrogens with one attached hydrogen (secondary N) is 1. The number of nitrogens with zero attached hydrogens (tertiary/aromatic N) is 2. The Kier molecular flexibility index (Phi) is 5.27. The smallest absolute Gasteiger partial charge is 0.227 e. The first-order chi connectivity index (χ1) is 13.2. The first-order valence-electron chi connectivity index (χ1n) is 8.99. The molecule has 0 aliphatic carbocycles. The molecule has 138 valence electrons. The fourth-order valence-corrected chi connectivity index (χ4v) is 3.99. The van der Waals surface area contributed by atoms with Gasteiger partial charge >= 0.3 is 0 Å². The van der Waals surface area contributed by atoms with Crippen molar-refractivity contribution in [2.75, 3.05) is 11.4 Å². The van der Waals surface area contributed by atoms with Gasteiger partial charge in [-0.2, -0.15) is 0 Å². The van der Waals surface area contributed by atoms with Gasteiger partial charge in [0.05, 0.1) is 5.69 Å². The van der Waals surface area contributed by atoms with Crippen molar-refractivity contribution >= 4 is 22.9 Å². The van der Waals surface area contributed by atoms with E-state index in [2.05, 4.69) is 22.4 Å². The molecule has 0 bridgehead atoms. The van der Waals surface area contributed by atoms with Gasteiger partial charge in [0.1, 0.15) is 10.8 Å². The third kappa shape index (κ3) is 4.23. The molecule has 27 heavy (non-hydrogen) atoms. The van der Waals surface area contributed by atoms with E-state index in [0.717, 1.165) is 41.5 Å². The Morgan fingerprint density at radius 1 is 1.07 bits per heavy atom. The zero-order chi connectivity index (χ0) is 18.6. The lowest BCUT2D eigenvalue weighted by atomic mass is 10.2. The van der Waals surface area contributed by atoms with Crippen molar-refractivity contribution in [3.8, 4) is 10.6 Å². The minimum atomic E-state index is -0.239. The number of halogens is 1. The third-order valence-corrected chi connectivity index (χ3v) is 5.54. The van der Waals surface area contributed by atoms with Crippen LogP contribution in [0.5, 0.6) is 0 Å². The fraction of sp³-hybridized carbons (Fsp3) is 0.238. The summed E-state index contributed by atoms with van der Waals surface area (Å²) >= 11 is 1.56. The zero-order valence-electron chi connectivity index (χ0n) is 14.8. The number of carbonyl (C=O) groups is 1. The van der Waals surface area contributed by atoms with Gasteiger partial charge in [0.15, 0.2) is 0 Å². The average Bonchev–Trinajstić information content (AvgIpc) is 3.32. The summed E-state index contributed by atoms with van der Waals surface area (Å²) in [5.74, 6) is -0.0290. The number of anilines is 1. The Labute approximate surface area is 161 Å². The van der Waals surface area contributed by atoms with Crippen LogP contribution in [-0.4, -0.2) is 17.4 Å². The molecular formula is C21H20FN3OS. The lowest BCUT2D eigenvalue weighted by Crippen LogP contribution is -2.23. The van der Waals surface area contributed by atoms with Crippen molar-refractivity contribution in [3.05, 3.63) is 71.0 Å². The largest absolute Gasteiger partial charge is 0.312 e. The Bertz CT molecular complexity index is 921. The van der Waals surface area contributed by atoms with Gasteiger partial charge in [-0.15, -0.1) is 11.3 Å². The molecule has 4 rings (SSSR count). The molecule has 1 aliphatic heterocycles. The third-order valence-electron chi connectivity index (χ3n) is 4.60. The Hall–Kier alpha value is -2.57. The van der Waals surface area contributed by atoms with Crippen LogP contribution in [0.3, 0.4) is 0 Å². The second kappa shape index (κ2) is 7.98. The molecule has 1 amide bonds. The zero-order valence-corrected chi connectivity index (χ0v) is 15.6. The number of aromatic nitrogens is 1. The minimum Gasteiger partial charge on any atom is -0.312 e. The van der Waals surface area contributed by atoms with Crippen LogP contribution in [0.2, 0.25) is 0 Å². The molecular weight excluding hydrogens is 361 g/mol. The topological polar surface area (TPSA) is 45.2 Å². The lowest BCUT2D eigenvalue weighted by molar-refractivity contribution is -0.117. The van der Waals surface area contributed by atoms with Crippen LogP contribution in [0.4, 0.5) is 10.1 Å². The fourth-order valence-electron chi connectivity index (χ4n) is 3.16. The van der Waals surface area contributed by atoms with E-state index < -0.39 is 0 Å². The monoisotopic (exact) mass is 381 g/mol. The van der Waals surface area contributed by atoms with Crippen molar-refractivity contribution in [3.63, 3.8) is 0 Å². The van der Waals surface area contributed by atoms with Gasteiger partial charge in [-0.25, -0.2) is 9.37 Å². The normalized spacial score (nSPS) is 14.1. The van der Waals surface area contributed by atoms with Gasteiger partial charge in [0.2, 0.25) is 5.91 Å². The van der Waals surface area contributed by atoms with Crippen LogP contribution in [0, 0.1) is 5.82 Å². The highest BCUT2D eigenvalue weighted by atomic mass is 32.1. The standard InChI is InChI=1S/C21H20FN3OS/c22-17-7-5-16(6-8-17)21-24-18(14-27-21)13-23-12-15-3-9-19(10-4-15)25-11-1-2-20(25)26/h3-10,14,23H,1-2,11-13H2. The minimum absolute atomic E-state index is 0.210. The van der Waals surface area contributed by atoms with Gasteiger partial charge in [0.25, 0.3) is 0 Å². The van der Waals surface area contributed by atoms with E-state index in [9.17, 15) is 9.18 Å². The number of carbonyl (C=O) groups excluding carboxylic acids is 1. The SMILES string of the molecule is O=C1CCCN1c1ccc(CNCc2csc(-c3ccc(F)cc3)n2)cc1. The highest BCUT2D eigenvalue weighted by Crippen LogP contribution is 2.24. The van der Waals surface area contributed by atoms with E-state index >= 15 is 0 Å². The van der Waals surface area contributed by atoms with Crippen molar-refractivity contribution in [2.24, 2.45) is 0 Å². The molecule has 0 radical (unpaired) electrons. The summed E-state index contributed by atoms with van der Waals surface area (Å²) in [6.45, 7) is 2.22. The molecule has 6 heteroatoms. The van der Waals surface area contributed by atoms with Gasteiger partial charge in [-0.1, -0.05) is 12.1 Å². The molecule has 0 unspecified atom stereocenters. The molecule has 1 aliphatic rings. The van der Waals surface area contributed by atoms with Gasteiger partial charge in [-0.3, -0.25) is 4.79 Å². The predicted molar refractivity (Wildman–Crippen MR) is 106 cm³/mol. The van der Waals surface area contributed by atoms with Gasteiger partial charge in [0, 0.05) is 42.7 Å². The molecule has 3 aromatic rings. The average molecular weight is 381 g/mol. The van der Waals surface area contributed by atoms with E-state index in [1.54, 1.807) is 23.5 Å². The maximum Gasteiger partial charge on any atom is 0.227 e. The van der Waals surface area contributed by atoms with E-state index in [-0.39, 0.29) is 11.7 Å². The van der Waals surface area contributed by atoms with E-state index in [4.69, 9.17) is 0 Å². The molecule has 2 aromatic carbocycles. The Morgan fingerprint density at radius 2 is 1.85 bits per heavy atom. The molecule has 1 N–H and O–H groups in total. The van der Waals surface area contributed by atoms with Crippen LogP contribution >= 0.6 is 11.3 Å². The molecule has 0 saturated carbocycles. The molecule has 1 aromatic heterocycles. The van der Waals surface area contributed by atoms with Crippen LogP contribution in [-0.2, 0) is 17.9 Å². The van der Waals surface area contributed by atoms with Crippen LogP contribution < -0.4 is 10.2 Å². The molecule has 1 fully saturated rings. The molecule has 1 saturated heterocycles. The summed E-state index contributed by atoms with van der Waals surface area (Å²) in [5.41, 5.74) is 4.04. The summed E-state index contributed by atoms with van der Waals surface area (Å²) in [7, 11) is 0. The van der Waals surface area contributed by atoms with Gasteiger partial charge < -0.3 is 10.2 Å². The number of rotatable bonds is 6. The number of benzene rings is 2. The molecule has 0 atom stereocenters. The molecule has 2 heterocycles. The van der Waals surface area contributed by atoms with E-state index in [1.807, 2.05) is 22.4 Å². The number of thiazole rings is 1. The highest BCUT2D eigenvalue weighted by Gasteiger charge is 2.21. The van der Waals surface area contributed by atoms with Crippen LogP contribution in [0.15, 0.2) is 53.9 Å². The number of amides is 1. The van der Waals surface area contributed by atoms with Gasteiger partial charge in [-0.05, 0) is 48.4 Å². The quantitative estimate of drug-likeness (QED) is 0.690.